The summed E-state index contributed by atoms with van der Waals surface area (Å²) in [4.78, 5) is 15.4. The molecule has 0 unspecified atom stereocenters. The van der Waals surface area contributed by atoms with Crippen molar-refractivity contribution in [2.75, 3.05) is 13.6 Å². The van der Waals surface area contributed by atoms with Crippen LogP contribution in [0.25, 0.3) is 6.08 Å². The van der Waals surface area contributed by atoms with E-state index in [0.29, 0.717) is 22.4 Å². The Kier molecular flexibility index (Phi) is 3.68. The first-order valence-electron chi connectivity index (χ1n) is 5.61. The summed E-state index contributed by atoms with van der Waals surface area (Å²) in [6.45, 7) is 2.64. The number of likely N-dealkylation sites (N-methyl/N-ethyl adjacent to an activating group) is 2. The number of halogens is 1. The second-order valence-electron chi connectivity index (χ2n) is 3.97. The van der Waals surface area contributed by atoms with Gasteiger partial charge in [-0.05, 0) is 42.9 Å². The molecule has 18 heavy (non-hydrogen) atoms. The van der Waals surface area contributed by atoms with E-state index < -0.39 is 0 Å². The number of carbonyl (C=O) groups excluding carboxylic acids is 1. The van der Waals surface area contributed by atoms with Gasteiger partial charge < -0.3 is 4.90 Å². The van der Waals surface area contributed by atoms with E-state index in [9.17, 15) is 4.79 Å². The Hall–Kier alpha value is -1.39. The van der Waals surface area contributed by atoms with Crippen molar-refractivity contribution < 1.29 is 4.79 Å². The van der Waals surface area contributed by atoms with Crippen molar-refractivity contribution in [3.63, 3.8) is 0 Å². The van der Waals surface area contributed by atoms with Gasteiger partial charge in [0.2, 0.25) is 0 Å². The molecule has 1 heterocycles. The number of hydrogen-bond acceptors (Lipinski definition) is 2. The van der Waals surface area contributed by atoms with Crippen molar-refractivity contribution in [1.29, 1.82) is 0 Å². The normalized spacial score (nSPS) is 18.1. The highest BCUT2D eigenvalue weighted by Gasteiger charge is 2.34. The largest absolute Gasteiger partial charge is 0.314 e. The van der Waals surface area contributed by atoms with Crippen molar-refractivity contribution in [1.82, 2.24) is 9.80 Å². The van der Waals surface area contributed by atoms with Crippen LogP contribution in [0.5, 0.6) is 0 Å². The molecule has 1 amide bonds. The summed E-state index contributed by atoms with van der Waals surface area (Å²) in [5.74, 6) is -0.0724. The lowest BCUT2D eigenvalue weighted by atomic mass is 10.2. The summed E-state index contributed by atoms with van der Waals surface area (Å²) in [7, 11) is 1.69. The van der Waals surface area contributed by atoms with Crippen LogP contribution in [-0.4, -0.2) is 34.4 Å². The van der Waals surface area contributed by atoms with Crippen molar-refractivity contribution in [2.45, 2.75) is 6.92 Å². The van der Waals surface area contributed by atoms with Gasteiger partial charge >= 0.3 is 0 Å². The quantitative estimate of drug-likeness (QED) is 0.615. The van der Waals surface area contributed by atoms with Crippen LogP contribution < -0.4 is 0 Å². The van der Waals surface area contributed by atoms with Crippen LogP contribution in [-0.2, 0) is 4.79 Å². The van der Waals surface area contributed by atoms with E-state index in [1.807, 2.05) is 30.0 Å². The van der Waals surface area contributed by atoms with Crippen LogP contribution >= 0.6 is 23.8 Å². The molecule has 0 atom stereocenters. The van der Waals surface area contributed by atoms with E-state index in [4.69, 9.17) is 23.8 Å². The number of nitrogens with zero attached hydrogens (tertiary/aromatic N) is 2. The molecule has 94 valence electrons. The fraction of sp³-hybridized carbons (Fsp3) is 0.231. The second-order valence-corrected chi connectivity index (χ2v) is 4.77. The van der Waals surface area contributed by atoms with Gasteiger partial charge in [0.1, 0.15) is 5.70 Å². The van der Waals surface area contributed by atoms with Gasteiger partial charge in [0.25, 0.3) is 5.91 Å². The summed E-state index contributed by atoms with van der Waals surface area (Å²) >= 11 is 11.1. The zero-order valence-corrected chi connectivity index (χ0v) is 11.8. The zero-order chi connectivity index (χ0) is 13.3. The first-order valence-corrected chi connectivity index (χ1v) is 6.40. The topological polar surface area (TPSA) is 23.6 Å². The minimum absolute atomic E-state index is 0.0724. The zero-order valence-electron chi connectivity index (χ0n) is 10.2. The van der Waals surface area contributed by atoms with E-state index in [1.165, 1.54) is 4.90 Å². The lowest BCUT2D eigenvalue weighted by molar-refractivity contribution is -0.121. The molecule has 1 aromatic carbocycles. The third-order valence-corrected chi connectivity index (χ3v) is 3.57. The van der Waals surface area contributed by atoms with Crippen LogP contribution in [0, 0.1) is 0 Å². The maximum absolute atomic E-state index is 12.1. The average Bonchev–Trinajstić information content (AvgIpc) is 2.57. The molecule has 5 heteroatoms. The number of amides is 1. The van der Waals surface area contributed by atoms with Crippen molar-refractivity contribution in [3.8, 4) is 0 Å². The number of benzene rings is 1. The van der Waals surface area contributed by atoms with Gasteiger partial charge in [-0.1, -0.05) is 23.7 Å². The molecule has 2 rings (SSSR count). The number of thiocarbonyl (C=S) groups is 1. The lowest BCUT2D eigenvalue weighted by Gasteiger charge is -2.15. The summed E-state index contributed by atoms with van der Waals surface area (Å²) in [6.07, 6.45) is 1.83. The van der Waals surface area contributed by atoms with E-state index in [0.717, 1.165) is 5.56 Å². The van der Waals surface area contributed by atoms with Crippen LogP contribution in [0.15, 0.2) is 30.0 Å². The summed E-state index contributed by atoms with van der Waals surface area (Å²) in [5, 5.41) is 1.22. The fourth-order valence-electron chi connectivity index (χ4n) is 1.82. The van der Waals surface area contributed by atoms with Crippen LogP contribution in [0.4, 0.5) is 0 Å². The average molecular weight is 281 g/mol. The third kappa shape index (κ3) is 2.26. The van der Waals surface area contributed by atoms with Crippen LogP contribution in [0.2, 0.25) is 5.02 Å². The molecule has 1 aromatic rings. The van der Waals surface area contributed by atoms with Gasteiger partial charge in [-0.15, -0.1) is 0 Å². The Morgan fingerprint density at radius 2 is 1.94 bits per heavy atom. The highest BCUT2D eigenvalue weighted by atomic mass is 35.5. The van der Waals surface area contributed by atoms with Gasteiger partial charge in [-0.2, -0.15) is 0 Å². The van der Waals surface area contributed by atoms with Gasteiger partial charge in [-0.25, -0.2) is 0 Å². The van der Waals surface area contributed by atoms with Crippen molar-refractivity contribution >= 4 is 40.9 Å². The molecular weight excluding hydrogens is 268 g/mol. The van der Waals surface area contributed by atoms with E-state index in [1.54, 1.807) is 19.2 Å². The highest BCUT2D eigenvalue weighted by molar-refractivity contribution is 7.80. The molecule has 1 fully saturated rings. The maximum atomic E-state index is 12.1. The standard InChI is InChI=1S/C13H13ClN2OS/c1-3-16-11(12(17)15(2)13(16)18)8-9-4-6-10(14)7-5-9/h4-8H,3H2,1-2H3. The molecule has 3 nitrogen and oxygen atoms in total. The molecular formula is C13H13ClN2OS. The summed E-state index contributed by atoms with van der Waals surface area (Å²) in [6, 6.07) is 7.34. The number of hydrogen-bond donors (Lipinski definition) is 0. The third-order valence-electron chi connectivity index (χ3n) is 2.82. The van der Waals surface area contributed by atoms with Gasteiger partial charge in [0.05, 0.1) is 0 Å². The summed E-state index contributed by atoms with van der Waals surface area (Å²) < 4.78 is 0. The predicted molar refractivity (Wildman–Crippen MR) is 77.2 cm³/mol. The van der Waals surface area contributed by atoms with E-state index in [-0.39, 0.29) is 5.91 Å². The molecule has 0 aliphatic carbocycles. The second kappa shape index (κ2) is 5.08. The molecule has 0 aromatic heterocycles. The minimum atomic E-state index is -0.0724. The molecule has 0 saturated carbocycles. The van der Waals surface area contributed by atoms with Gasteiger partial charge in [0.15, 0.2) is 5.11 Å². The molecule has 1 saturated heterocycles. The minimum Gasteiger partial charge on any atom is -0.314 e. The molecule has 0 bridgehead atoms. The summed E-state index contributed by atoms with van der Waals surface area (Å²) in [5.41, 5.74) is 1.53. The SMILES string of the molecule is CCN1C(=S)N(C)C(=O)C1=Cc1ccc(Cl)cc1. The Balaban J connectivity index is 2.39. The smallest absolute Gasteiger partial charge is 0.276 e. The van der Waals surface area contributed by atoms with E-state index in [2.05, 4.69) is 0 Å². The fourth-order valence-corrected chi connectivity index (χ4v) is 2.26. The number of rotatable bonds is 2. The molecule has 0 N–H and O–H groups in total. The van der Waals surface area contributed by atoms with Crippen LogP contribution in [0.1, 0.15) is 12.5 Å². The monoisotopic (exact) mass is 280 g/mol. The highest BCUT2D eigenvalue weighted by Crippen LogP contribution is 2.22. The molecule has 0 spiro atoms. The van der Waals surface area contributed by atoms with Gasteiger partial charge in [-0.3, -0.25) is 9.69 Å². The first-order chi connectivity index (χ1) is 8.54. The molecule has 1 aliphatic heterocycles. The molecule has 1 aliphatic rings. The van der Waals surface area contributed by atoms with Crippen LogP contribution in [0.3, 0.4) is 0 Å². The van der Waals surface area contributed by atoms with E-state index >= 15 is 0 Å². The Morgan fingerprint density at radius 1 is 1.33 bits per heavy atom. The molecule has 0 radical (unpaired) electrons. The predicted octanol–water partition coefficient (Wildman–Crippen LogP) is 2.76. The Bertz CT molecular complexity index is 524. The van der Waals surface area contributed by atoms with Gasteiger partial charge in [0, 0.05) is 18.6 Å². The maximum Gasteiger partial charge on any atom is 0.276 e. The Morgan fingerprint density at radius 3 is 2.50 bits per heavy atom. The first kappa shape index (κ1) is 13.1. The van der Waals surface area contributed by atoms with Crippen molar-refractivity contribution in [3.05, 3.63) is 40.5 Å². The van der Waals surface area contributed by atoms with Crippen molar-refractivity contribution in [2.24, 2.45) is 0 Å². The lowest BCUT2D eigenvalue weighted by Crippen LogP contribution is -2.29. The Labute approximate surface area is 117 Å². The number of carbonyl (C=O) groups is 1.